The summed E-state index contributed by atoms with van der Waals surface area (Å²) < 4.78 is 77.9. The predicted molar refractivity (Wildman–Crippen MR) is 137 cm³/mol. The number of nitrogens with one attached hydrogen (secondary N) is 1. The molecule has 1 amide bonds. The topological polar surface area (TPSA) is 101 Å². The number of carbonyl (C=O) groups is 1. The van der Waals surface area contributed by atoms with Crippen LogP contribution < -0.4 is 9.46 Å². The van der Waals surface area contributed by atoms with Gasteiger partial charge in [0.15, 0.2) is 5.75 Å². The van der Waals surface area contributed by atoms with E-state index in [4.69, 9.17) is 4.74 Å². The summed E-state index contributed by atoms with van der Waals surface area (Å²) in [6.45, 7) is 4.50. The van der Waals surface area contributed by atoms with Crippen LogP contribution in [0, 0.1) is 5.92 Å². The number of hydrogen-bond acceptors (Lipinski definition) is 7. The Labute approximate surface area is 223 Å². The average molecular weight is 565 g/mol. The second-order valence-corrected chi connectivity index (χ2v) is 11.2. The first-order valence-corrected chi connectivity index (χ1v) is 13.9. The van der Waals surface area contributed by atoms with Crippen molar-refractivity contribution in [3.63, 3.8) is 0 Å². The lowest BCUT2D eigenvalue weighted by Gasteiger charge is -2.35. The number of fused-ring (bicyclic) bond motifs is 1. The van der Waals surface area contributed by atoms with Gasteiger partial charge in [-0.05, 0) is 42.7 Å². The molecule has 208 valence electrons. The number of aromatic nitrogens is 1. The van der Waals surface area contributed by atoms with Gasteiger partial charge in [-0.2, -0.15) is 0 Å². The van der Waals surface area contributed by atoms with Gasteiger partial charge in [0.1, 0.15) is 4.90 Å². The smallest absolute Gasteiger partial charge is 0.404 e. The largest absolute Gasteiger partial charge is 0.573 e. The Morgan fingerprint density at radius 2 is 1.87 bits per heavy atom. The number of amides is 1. The molecule has 3 heterocycles. The summed E-state index contributed by atoms with van der Waals surface area (Å²) in [4.78, 5) is 20.9. The first-order chi connectivity index (χ1) is 18.6. The van der Waals surface area contributed by atoms with Gasteiger partial charge in [0.25, 0.3) is 15.9 Å². The van der Waals surface area contributed by atoms with Crippen molar-refractivity contribution in [2.24, 2.45) is 5.92 Å². The van der Waals surface area contributed by atoms with Gasteiger partial charge < -0.3 is 14.4 Å². The highest BCUT2D eigenvalue weighted by Gasteiger charge is 2.34. The van der Waals surface area contributed by atoms with Crippen molar-refractivity contribution in [2.45, 2.75) is 17.7 Å². The third-order valence-electron chi connectivity index (χ3n) is 6.78. The summed E-state index contributed by atoms with van der Waals surface area (Å²) >= 11 is 0. The van der Waals surface area contributed by atoms with Gasteiger partial charge >= 0.3 is 6.36 Å². The number of carbonyl (C=O) groups excluding carboxylic acids is 1. The number of halogens is 3. The number of hydrogen-bond donors (Lipinski definition) is 1. The van der Waals surface area contributed by atoms with Crippen LogP contribution in [0.15, 0.2) is 59.6 Å². The second kappa shape index (κ2) is 11.0. The molecule has 0 spiro atoms. The molecule has 1 N–H and O–H groups in total. The predicted octanol–water partition coefficient (Wildman–Crippen LogP) is 3.73. The van der Waals surface area contributed by atoms with Crippen molar-refractivity contribution in [1.29, 1.82) is 0 Å². The number of sulfonamides is 1. The van der Waals surface area contributed by atoms with Crippen LogP contribution in [0.25, 0.3) is 10.9 Å². The Balaban J connectivity index is 1.35. The molecule has 1 unspecified atom stereocenters. The molecular formula is C26H27F3N4O5S. The molecule has 0 bridgehead atoms. The van der Waals surface area contributed by atoms with Crippen molar-refractivity contribution in [1.82, 2.24) is 14.8 Å². The molecule has 3 aromatic rings. The minimum absolute atomic E-state index is 0.0401. The minimum Gasteiger partial charge on any atom is -0.404 e. The van der Waals surface area contributed by atoms with Crippen LogP contribution in [0.1, 0.15) is 16.8 Å². The number of anilines is 1. The van der Waals surface area contributed by atoms with Crippen LogP contribution in [-0.4, -0.2) is 81.4 Å². The van der Waals surface area contributed by atoms with Gasteiger partial charge in [0, 0.05) is 56.5 Å². The van der Waals surface area contributed by atoms with Crippen LogP contribution in [-0.2, 0) is 14.8 Å². The quantitative estimate of drug-likeness (QED) is 0.467. The van der Waals surface area contributed by atoms with Crippen molar-refractivity contribution >= 4 is 32.5 Å². The summed E-state index contributed by atoms with van der Waals surface area (Å²) in [6, 6.07) is 11.1. The van der Waals surface area contributed by atoms with Crippen molar-refractivity contribution in [2.75, 3.05) is 50.7 Å². The molecule has 1 aromatic heterocycles. The molecular weight excluding hydrogens is 537 g/mol. The van der Waals surface area contributed by atoms with E-state index in [1.165, 1.54) is 24.4 Å². The summed E-state index contributed by atoms with van der Waals surface area (Å²) in [5, 5.41) is 0.546. The normalized spacial score (nSPS) is 18.8. The fourth-order valence-electron chi connectivity index (χ4n) is 4.85. The molecule has 0 aliphatic carbocycles. The van der Waals surface area contributed by atoms with E-state index in [9.17, 15) is 26.4 Å². The molecule has 0 radical (unpaired) electrons. The maximum atomic E-state index is 13.3. The lowest BCUT2D eigenvalue weighted by Crippen LogP contribution is -2.49. The third-order valence-corrected chi connectivity index (χ3v) is 8.18. The minimum atomic E-state index is -5.11. The second-order valence-electron chi connectivity index (χ2n) is 9.52. The SMILES string of the molecule is O=C(c1ccc(NS(=O)(=O)c2cccc3cccnc23)c(OC(F)(F)F)c1)N1CCN(CC2CCOC2)CC1. The lowest BCUT2D eigenvalue weighted by molar-refractivity contribution is -0.274. The zero-order valence-electron chi connectivity index (χ0n) is 20.9. The zero-order chi connectivity index (χ0) is 27.6. The van der Waals surface area contributed by atoms with E-state index in [1.54, 1.807) is 23.1 Å². The summed E-state index contributed by atoms with van der Waals surface area (Å²) in [5.41, 5.74) is -0.334. The zero-order valence-corrected chi connectivity index (χ0v) is 21.7. The van der Waals surface area contributed by atoms with Crippen molar-refractivity contribution in [3.05, 3.63) is 60.3 Å². The first-order valence-electron chi connectivity index (χ1n) is 12.4. The Hall–Kier alpha value is -3.42. The number of piperazine rings is 1. The molecule has 2 aromatic carbocycles. The Kier molecular flexibility index (Phi) is 7.65. The van der Waals surface area contributed by atoms with Crippen LogP contribution in [0.4, 0.5) is 18.9 Å². The van der Waals surface area contributed by atoms with Gasteiger partial charge in [-0.1, -0.05) is 18.2 Å². The van der Waals surface area contributed by atoms with Gasteiger partial charge in [0.2, 0.25) is 0 Å². The number of rotatable bonds is 7. The number of alkyl halides is 3. The Morgan fingerprint density at radius 1 is 1.10 bits per heavy atom. The average Bonchev–Trinajstić information content (AvgIpc) is 3.41. The fourth-order valence-corrected chi connectivity index (χ4v) is 6.10. The standard InChI is InChI=1S/C26H27F3N4O5S/c27-26(28,29)38-22-15-20(25(34)33-12-10-32(11-13-33)16-18-8-14-37-17-18)6-7-21(22)31-39(35,36)23-5-1-3-19-4-2-9-30-24(19)23/h1-7,9,15,18,31H,8,10-14,16-17H2. The van der Waals surface area contributed by atoms with Gasteiger partial charge in [0.05, 0.1) is 17.8 Å². The highest BCUT2D eigenvalue weighted by atomic mass is 32.2. The molecule has 39 heavy (non-hydrogen) atoms. The van der Waals surface area contributed by atoms with Gasteiger partial charge in [-0.25, -0.2) is 8.42 Å². The maximum Gasteiger partial charge on any atom is 0.573 e. The number of para-hydroxylation sites is 1. The van der Waals surface area contributed by atoms with E-state index in [-0.39, 0.29) is 16.0 Å². The molecule has 2 saturated heterocycles. The van der Waals surface area contributed by atoms with Crippen LogP contribution >= 0.6 is 0 Å². The summed E-state index contributed by atoms with van der Waals surface area (Å²) in [5.74, 6) is -0.821. The molecule has 1 atom stereocenters. The van der Waals surface area contributed by atoms with Crippen LogP contribution in [0.3, 0.4) is 0 Å². The number of ether oxygens (including phenoxy) is 2. The highest BCUT2D eigenvalue weighted by Crippen LogP contribution is 2.34. The monoisotopic (exact) mass is 564 g/mol. The van der Waals surface area contributed by atoms with E-state index in [1.807, 2.05) is 0 Å². The van der Waals surface area contributed by atoms with E-state index < -0.39 is 33.7 Å². The molecule has 2 aliphatic rings. The van der Waals surface area contributed by atoms with E-state index in [2.05, 4.69) is 19.3 Å². The number of pyridine rings is 1. The van der Waals surface area contributed by atoms with Crippen molar-refractivity contribution in [3.8, 4) is 5.75 Å². The van der Waals surface area contributed by atoms with E-state index >= 15 is 0 Å². The molecule has 13 heteroatoms. The highest BCUT2D eigenvalue weighted by molar-refractivity contribution is 7.93. The Morgan fingerprint density at radius 3 is 2.59 bits per heavy atom. The van der Waals surface area contributed by atoms with Crippen LogP contribution in [0.5, 0.6) is 5.75 Å². The lowest BCUT2D eigenvalue weighted by atomic mass is 10.1. The molecule has 2 aliphatic heterocycles. The molecule has 5 rings (SSSR count). The molecule has 2 fully saturated rings. The first kappa shape index (κ1) is 27.2. The molecule has 0 saturated carbocycles. The van der Waals surface area contributed by atoms with Gasteiger partial charge in [-0.3, -0.25) is 19.4 Å². The number of nitrogens with zero attached hydrogens (tertiary/aromatic N) is 3. The fraction of sp³-hybridized carbons (Fsp3) is 0.385. The number of benzene rings is 2. The van der Waals surface area contributed by atoms with E-state index in [0.29, 0.717) is 37.5 Å². The Bertz CT molecular complexity index is 1450. The van der Waals surface area contributed by atoms with Gasteiger partial charge in [-0.15, -0.1) is 13.2 Å². The van der Waals surface area contributed by atoms with Crippen LogP contribution in [0.2, 0.25) is 0 Å². The summed E-state index contributed by atoms with van der Waals surface area (Å²) in [7, 11) is -4.36. The maximum absolute atomic E-state index is 13.3. The molecule has 9 nitrogen and oxygen atoms in total. The summed E-state index contributed by atoms with van der Waals surface area (Å²) in [6.07, 6.45) is -2.68. The van der Waals surface area contributed by atoms with E-state index in [0.717, 1.165) is 38.3 Å². The third kappa shape index (κ3) is 6.43. The van der Waals surface area contributed by atoms with Crippen molar-refractivity contribution < 1.29 is 35.9 Å².